The van der Waals surface area contributed by atoms with Crippen LogP contribution in [0.3, 0.4) is 0 Å². The molecule has 22 heavy (non-hydrogen) atoms. The highest BCUT2D eigenvalue weighted by Crippen LogP contribution is 2.33. The van der Waals surface area contributed by atoms with Crippen LogP contribution in [0, 0.1) is 0 Å². The summed E-state index contributed by atoms with van der Waals surface area (Å²) in [6.07, 6.45) is -0.547. The van der Waals surface area contributed by atoms with Crippen molar-refractivity contribution in [3.63, 3.8) is 0 Å². The summed E-state index contributed by atoms with van der Waals surface area (Å²) in [5, 5.41) is 1.61. The molecule has 1 amide bonds. The Morgan fingerprint density at radius 1 is 1.14 bits per heavy atom. The van der Waals surface area contributed by atoms with Crippen molar-refractivity contribution >= 4 is 34.7 Å². The van der Waals surface area contributed by atoms with E-state index in [1.54, 1.807) is 5.01 Å². The molecule has 5 nitrogen and oxygen atoms in total. The maximum atomic E-state index is 11.5. The van der Waals surface area contributed by atoms with Crippen LogP contribution in [0.25, 0.3) is 0 Å². The van der Waals surface area contributed by atoms with Crippen molar-refractivity contribution in [3.8, 4) is 0 Å². The molecule has 0 unspecified atom stereocenters. The lowest BCUT2D eigenvalue weighted by Crippen LogP contribution is -2.53. The van der Waals surface area contributed by atoms with E-state index in [0.717, 1.165) is 16.9 Å². The van der Waals surface area contributed by atoms with Crippen LogP contribution in [0.15, 0.2) is 54.6 Å². The van der Waals surface area contributed by atoms with Gasteiger partial charge in [0.25, 0.3) is 0 Å². The number of carbonyl (C=O) groups excluding carboxylic acids is 1. The van der Waals surface area contributed by atoms with Crippen LogP contribution in [0.5, 0.6) is 0 Å². The van der Waals surface area contributed by atoms with Gasteiger partial charge in [-0.2, -0.15) is 0 Å². The zero-order valence-electron chi connectivity index (χ0n) is 12.0. The lowest BCUT2D eigenvalue weighted by Gasteiger charge is -2.39. The number of carbonyl (C=O) groups is 1. The van der Waals surface area contributed by atoms with Gasteiger partial charge in [0.05, 0.1) is 12.8 Å². The molecule has 0 atom stereocenters. The van der Waals surface area contributed by atoms with Gasteiger partial charge < -0.3 is 9.64 Å². The van der Waals surface area contributed by atoms with Gasteiger partial charge >= 0.3 is 6.09 Å². The number of nitrogens with one attached hydrogen (secondary N) is 1. The number of methoxy groups -OCH3 is 1. The lowest BCUT2D eigenvalue weighted by atomic mass is 10.1. The molecule has 0 saturated heterocycles. The third-order valence-electron chi connectivity index (χ3n) is 3.43. The van der Waals surface area contributed by atoms with Gasteiger partial charge in [0.2, 0.25) is 0 Å². The number of hydrazine groups is 1. The molecular formula is C16H15N3O2S. The van der Waals surface area contributed by atoms with E-state index >= 15 is 0 Å². The maximum absolute atomic E-state index is 11.5. The zero-order chi connectivity index (χ0) is 15.5. The molecule has 0 radical (unpaired) electrons. The Balaban J connectivity index is 2.01. The first-order chi connectivity index (χ1) is 10.7. The van der Waals surface area contributed by atoms with E-state index in [2.05, 4.69) is 15.1 Å². The monoisotopic (exact) mass is 313 g/mol. The SMILES string of the molecule is COC(=O)NN1CN(c2ccccc2)c2ccccc2C1=S. The molecule has 2 aromatic rings. The first kappa shape index (κ1) is 14.3. The fourth-order valence-corrected chi connectivity index (χ4v) is 2.66. The van der Waals surface area contributed by atoms with Crippen molar-refractivity contribution in [1.29, 1.82) is 0 Å². The van der Waals surface area contributed by atoms with E-state index in [1.807, 2.05) is 54.6 Å². The summed E-state index contributed by atoms with van der Waals surface area (Å²) in [5.74, 6) is 0. The smallest absolute Gasteiger partial charge is 0.425 e. The highest BCUT2D eigenvalue weighted by atomic mass is 32.1. The summed E-state index contributed by atoms with van der Waals surface area (Å²) >= 11 is 5.48. The summed E-state index contributed by atoms with van der Waals surface area (Å²) < 4.78 is 4.66. The number of para-hydroxylation sites is 2. The number of benzene rings is 2. The van der Waals surface area contributed by atoms with Gasteiger partial charge in [-0.25, -0.2) is 10.2 Å². The van der Waals surface area contributed by atoms with Crippen molar-refractivity contribution in [2.45, 2.75) is 0 Å². The molecule has 0 aliphatic carbocycles. The highest BCUT2D eigenvalue weighted by Gasteiger charge is 2.28. The van der Waals surface area contributed by atoms with E-state index < -0.39 is 6.09 Å². The fourth-order valence-electron chi connectivity index (χ4n) is 2.39. The van der Waals surface area contributed by atoms with Crippen LogP contribution < -0.4 is 10.3 Å². The number of thiocarbonyl (C=S) groups is 1. The second kappa shape index (κ2) is 6.03. The molecule has 1 N–H and O–H groups in total. The summed E-state index contributed by atoms with van der Waals surface area (Å²) in [6, 6.07) is 17.8. The predicted molar refractivity (Wildman–Crippen MR) is 89.0 cm³/mol. The van der Waals surface area contributed by atoms with Crippen LogP contribution in [-0.4, -0.2) is 29.9 Å². The third kappa shape index (κ3) is 2.60. The van der Waals surface area contributed by atoms with E-state index in [1.165, 1.54) is 7.11 Å². The number of hydrogen-bond donors (Lipinski definition) is 1. The van der Waals surface area contributed by atoms with Crippen molar-refractivity contribution in [2.75, 3.05) is 18.7 Å². The standard InChI is InChI=1S/C16H15N3O2S/c1-21-16(20)17-19-11-18(12-7-3-2-4-8-12)14-10-6-5-9-13(14)15(19)22/h2-10H,11H2,1H3,(H,17,20). The molecule has 0 bridgehead atoms. The van der Waals surface area contributed by atoms with Gasteiger partial charge in [-0.15, -0.1) is 0 Å². The Hall–Kier alpha value is -2.60. The quantitative estimate of drug-likeness (QED) is 0.863. The second-order valence-corrected chi connectivity index (χ2v) is 5.15. The Kier molecular flexibility index (Phi) is 3.93. The fraction of sp³-hybridized carbons (Fsp3) is 0.125. The van der Waals surface area contributed by atoms with E-state index in [-0.39, 0.29) is 0 Å². The number of fused-ring (bicyclic) bond motifs is 1. The summed E-state index contributed by atoms with van der Waals surface area (Å²) in [5.41, 5.74) is 5.58. The molecule has 0 aromatic heterocycles. The Morgan fingerprint density at radius 2 is 1.82 bits per heavy atom. The molecule has 6 heteroatoms. The molecular weight excluding hydrogens is 298 g/mol. The minimum Gasteiger partial charge on any atom is -0.452 e. The molecule has 3 rings (SSSR count). The number of hydrogen-bond acceptors (Lipinski definition) is 4. The lowest BCUT2D eigenvalue weighted by molar-refractivity contribution is 0.148. The van der Waals surface area contributed by atoms with Gasteiger partial charge in [-0.1, -0.05) is 42.5 Å². The number of ether oxygens (including phenoxy) is 1. The molecule has 2 aromatic carbocycles. The van der Waals surface area contributed by atoms with Crippen molar-refractivity contribution in [2.24, 2.45) is 0 Å². The van der Waals surface area contributed by atoms with Crippen molar-refractivity contribution in [3.05, 3.63) is 60.2 Å². The Labute approximate surface area is 134 Å². The van der Waals surface area contributed by atoms with Crippen LogP contribution in [0.1, 0.15) is 5.56 Å². The Bertz CT molecular complexity index is 706. The molecule has 1 aliphatic rings. The van der Waals surface area contributed by atoms with Gasteiger partial charge in [-0.05, 0) is 24.3 Å². The second-order valence-electron chi connectivity index (χ2n) is 4.76. The average molecular weight is 313 g/mol. The van der Waals surface area contributed by atoms with Crippen LogP contribution in [0.2, 0.25) is 0 Å². The molecule has 1 heterocycles. The number of nitrogens with zero attached hydrogens (tertiary/aromatic N) is 2. The van der Waals surface area contributed by atoms with Gasteiger partial charge in [0, 0.05) is 11.3 Å². The van der Waals surface area contributed by atoms with Crippen LogP contribution in [-0.2, 0) is 4.74 Å². The minimum atomic E-state index is -0.547. The minimum absolute atomic E-state index is 0.412. The number of rotatable bonds is 2. The highest BCUT2D eigenvalue weighted by molar-refractivity contribution is 7.80. The number of anilines is 2. The van der Waals surface area contributed by atoms with Crippen LogP contribution in [0.4, 0.5) is 16.2 Å². The van der Waals surface area contributed by atoms with Crippen molar-refractivity contribution < 1.29 is 9.53 Å². The molecule has 0 fully saturated rings. The predicted octanol–water partition coefficient (Wildman–Crippen LogP) is 3.04. The first-order valence-electron chi connectivity index (χ1n) is 6.79. The Morgan fingerprint density at radius 3 is 2.55 bits per heavy atom. The summed E-state index contributed by atoms with van der Waals surface area (Å²) in [4.78, 5) is 14.2. The van der Waals surface area contributed by atoms with E-state index in [9.17, 15) is 4.79 Å². The van der Waals surface area contributed by atoms with Gasteiger partial charge in [-0.3, -0.25) is 5.01 Å². The zero-order valence-corrected chi connectivity index (χ0v) is 12.8. The first-order valence-corrected chi connectivity index (χ1v) is 7.19. The molecule has 0 spiro atoms. The summed E-state index contributed by atoms with van der Waals surface area (Å²) in [6.45, 7) is 0.412. The van der Waals surface area contributed by atoms with Gasteiger partial charge in [0.15, 0.2) is 0 Å². The van der Waals surface area contributed by atoms with E-state index in [4.69, 9.17) is 12.2 Å². The van der Waals surface area contributed by atoms with Gasteiger partial charge in [0.1, 0.15) is 11.7 Å². The topological polar surface area (TPSA) is 44.8 Å². The van der Waals surface area contributed by atoms with Crippen LogP contribution >= 0.6 is 12.2 Å². The normalized spacial score (nSPS) is 13.6. The maximum Gasteiger partial charge on any atom is 0.425 e. The number of amides is 1. The molecule has 112 valence electrons. The van der Waals surface area contributed by atoms with E-state index in [0.29, 0.717) is 11.7 Å². The van der Waals surface area contributed by atoms with Crippen molar-refractivity contribution in [1.82, 2.24) is 10.4 Å². The average Bonchev–Trinajstić information content (AvgIpc) is 2.58. The molecule has 0 saturated carbocycles. The largest absolute Gasteiger partial charge is 0.452 e. The molecule has 1 aliphatic heterocycles. The summed E-state index contributed by atoms with van der Waals surface area (Å²) in [7, 11) is 1.32. The third-order valence-corrected chi connectivity index (χ3v) is 3.87.